The highest BCUT2D eigenvalue weighted by molar-refractivity contribution is 6.34. The van der Waals surface area contributed by atoms with Crippen LogP contribution in [-0.2, 0) is 0 Å². The molecular weight excluding hydrogens is 285 g/mol. The Bertz CT molecular complexity index is 564. The van der Waals surface area contributed by atoms with Crippen LogP contribution in [0.25, 0.3) is 11.4 Å². The van der Waals surface area contributed by atoms with Crippen LogP contribution in [0.15, 0.2) is 18.2 Å². The second-order valence-corrected chi connectivity index (χ2v) is 4.51. The Kier molecular flexibility index (Phi) is 3.52. The van der Waals surface area contributed by atoms with Gasteiger partial charge < -0.3 is 0 Å². The van der Waals surface area contributed by atoms with E-state index in [0.717, 1.165) is 0 Å². The van der Waals surface area contributed by atoms with Gasteiger partial charge in [-0.05, 0) is 25.1 Å². The third-order valence-electron chi connectivity index (χ3n) is 2.20. The smallest absolute Gasteiger partial charge is 0.162 e. The normalized spacial score (nSPS) is 10.6. The SMILES string of the molecule is Cc1c(Cl)nc(-c2ccc(F)c(Cl)c2)nc1Cl. The summed E-state index contributed by atoms with van der Waals surface area (Å²) in [6.07, 6.45) is 0. The lowest BCUT2D eigenvalue weighted by Crippen LogP contribution is -1.94. The Morgan fingerprint density at radius 2 is 1.65 bits per heavy atom. The van der Waals surface area contributed by atoms with Crippen LogP contribution < -0.4 is 0 Å². The first-order chi connectivity index (χ1) is 7.99. The van der Waals surface area contributed by atoms with Crippen molar-refractivity contribution in [2.75, 3.05) is 0 Å². The van der Waals surface area contributed by atoms with Crippen LogP contribution in [0.1, 0.15) is 5.56 Å². The van der Waals surface area contributed by atoms with Crippen molar-refractivity contribution in [3.05, 3.63) is 44.9 Å². The summed E-state index contributed by atoms with van der Waals surface area (Å²) < 4.78 is 13.0. The number of nitrogens with zero attached hydrogens (tertiary/aromatic N) is 2. The summed E-state index contributed by atoms with van der Waals surface area (Å²) in [5.41, 5.74) is 1.16. The first-order valence-electron chi connectivity index (χ1n) is 4.64. The summed E-state index contributed by atoms with van der Waals surface area (Å²) in [6, 6.07) is 4.18. The molecule has 17 heavy (non-hydrogen) atoms. The van der Waals surface area contributed by atoms with Crippen molar-refractivity contribution in [3.8, 4) is 11.4 Å². The number of aromatic nitrogens is 2. The Morgan fingerprint density at radius 3 is 2.18 bits per heavy atom. The molecule has 0 aliphatic heterocycles. The molecule has 1 aromatic heterocycles. The molecule has 0 atom stereocenters. The van der Waals surface area contributed by atoms with E-state index in [0.29, 0.717) is 17.0 Å². The van der Waals surface area contributed by atoms with Crippen LogP contribution in [0.3, 0.4) is 0 Å². The number of benzene rings is 1. The molecule has 0 radical (unpaired) electrons. The van der Waals surface area contributed by atoms with Crippen molar-refractivity contribution in [1.82, 2.24) is 9.97 Å². The maximum atomic E-state index is 13.0. The van der Waals surface area contributed by atoms with E-state index in [1.807, 2.05) is 0 Å². The van der Waals surface area contributed by atoms with Gasteiger partial charge in [-0.15, -0.1) is 0 Å². The molecule has 0 aliphatic rings. The molecule has 2 aromatic rings. The lowest BCUT2D eigenvalue weighted by molar-refractivity contribution is 0.628. The number of hydrogen-bond donors (Lipinski definition) is 0. The van der Waals surface area contributed by atoms with Crippen molar-refractivity contribution in [2.24, 2.45) is 0 Å². The number of hydrogen-bond acceptors (Lipinski definition) is 2. The first kappa shape index (κ1) is 12.6. The molecule has 6 heteroatoms. The zero-order valence-corrected chi connectivity index (χ0v) is 10.9. The van der Waals surface area contributed by atoms with E-state index in [4.69, 9.17) is 34.8 Å². The van der Waals surface area contributed by atoms with Crippen LogP contribution in [0.2, 0.25) is 15.3 Å². The summed E-state index contributed by atoms with van der Waals surface area (Å²) in [6.45, 7) is 1.71. The third-order valence-corrected chi connectivity index (χ3v) is 3.23. The van der Waals surface area contributed by atoms with Crippen molar-refractivity contribution in [3.63, 3.8) is 0 Å². The molecule has 1 heterocycles. The summed E-state index contributed by atoms with van der Waals surface area (Å²) in [5, 5.41) is 0.528. The van der Waals surface area contributed by atoms with Gasteiger partial charge in [-0.2, -0.15) is 0 Å². The minimum atomic E-state index is -0.500. The van der Waals surface area contributed by atoms with E-state index < -0.39 is 5.82 Å². The Hall–Kier alpha value is -0.900. The van der Waals surface area contributed by atoms with E-state index in [1.54, 1.807) is 6.92 Å². The van der Waals surface area contributed by atoms with Gasteiger partial charge in [0.2, 0.25) is 0 Å². The third kappa shape index (κ3) is 2.51. The Labute approximate surface area is 112 Å². The highest BCUT2D eigenvalue weighted by atomic mass is 35.5. The lowest BCUT2D eigenvalue weighted by atomic mass is 10.2. The average molecular weight is 292 g/mol. The molecular formula is C11H6Cl3FN2. The summed E-state index contributed by atoms with van der Waals surface area (Å²) in [7, 11) is 0. The molecule has 0 N–H and O–H groups in total. The fourth-order valence-electron chi connectivity index (χ4n) is 1.23. The molecule has 0 fully saturated rings. The van der Waals surface area contributed by atoms with Crippen molar-refractivity contribution < 1.29 is 4.39 Å². The largest absolute Gasteiger partial charge is 0.216 e. The summed E-state index contributed by atoms with van der Waals surface area (Å²) >= 11 is 17.5. The van der Waals surface area contributed by atoms with E-state index in [2.05, 4.69) is 9.97 Å². The summed E-state index contributed by atoms with van der Waals surface area (Å²) in [5.74, 6) is -0.188. The topological polar surface area (TPSA) is 25.8 Å². The van der Waals surface area contributed by atoms with Crippen molar-refractivity contribution in [2.45, 2.75) is 6.92 Å². The predicted octanol–water partition coefficient (Wildman–Crippen LogP) is 4.55. The predicted molar refractivity (Wildman–Crippen MR) is 67.2 cm³/mol. The van der Waals surface area contributed by atoms with Crippen molar-refractivity contribution >= 4 is 34.8 Å². The molecule has 0 saturated heterocycles. The minimum Gasteiger partial charge on any atom is -0.216 e. The maximum Gasteiger partial charge on any atom is 0.162 e. The van der Waals surface area contributed by atoms with Gasteiger partial charge >= 0.3 is 0 Å². The van der Waals surface area contributed by atoms with Gasteiger partial charge in [-0.1, -0.05) is 34.8 Å². The Morgan fingerprint density at radius 1 is 1.06 bits per heavy atom. The van der Waals surface area contributed by atoms with Gasteiger partial charge in [0.1, 0.15) is 16.1 Å². The van der Waals surface area contributed by atoms with Crippen molar-refractivity contribution in [1.29, 1.82) is 0 Å². The second kappa shape index (κ2) is 4.77. The van der Waals surface area contributed by atoms with Crippen LogP contribution in [0.5, 0.6) is 0 Å². The van der Waals surface area contributed by atoms with Gasteiger partial charge in [0, 0.05) is 11.1 Å². The van der Waals surface area contributed by atoms with E-state index >= 15 is 0 Å². The number of rotatable bonds is 1. The van der Waals surface area contributed by atoms with Gasteiger partial charge in [0.05, 0.1) is 5.02 Å². The minimum absolute atomic E-state index is 0.00100. The number of halogens is 4. The Balaban J connectivity index is 2.57. The van der Waals surface area contributed by atoms with Gasteiger partial charge in [-0.25, -0.2) is 14.4 Å². The molecule has 0 amide bonds. The van der Waals surface area contributed by atoms with Gasteiger partial charge in [0.15, 0.2) is 5.82 Å². The van der Waals surface area contributed by atoms with Crippen LogP contribution in [0.4, 0.5) is 4.39 Å². The van der Waals surface area contributed by atoms with Crippen LogP contribution in [0, 0.1) is 12.7 Å². The highest BCUT2D eigenvalue weighted by Crippen LogP contribution is 2.27. The zero-order chi connectivity index (χ0) is 12.6. The molecule has 0 saturated carbocycles. The van der Waals surface area contributed by atoms with Crippen LogP contribution >= 0.6 is 34.8 Å². The quantitative estimate of drug-likeness (QED) is 0.720. The highest BCUT2D eigenvalue weighted by Gasteiger charge is 2.10. The van der Waals surface area contributed by atoms with Crippen LogP contribution in [-0.4, -0.2) is 9.97 Å². The monoisotopic (exact) mass is 290 g/mol. The maximum absolute atomic E-state index is 13.0. The fourth-order valence-corrected chi connectivity index (χ4v) is 1.80. The molecule has 1 aromatic carbocycles. The van der Waals surface area contributed by atoms with Gasteiger partial charge in [-0.3, -0.25) is 0 Å². The zero-order valence-electron chi connectivity index (χ0n) is 8.64. The van der Waals surface area contributed by atoms with E-state index in [9.17, 15) is 4.39 Å². The molecule has 0 bridgehead atoms. The van der Waals surface area contributed by atoms with Gasteiger partial charge in [0.25, 0.3) is 0 Å². The average Bonchev–Trinajstić information content (AvgIpc) is 2.29. The summed E-state index contributed by atoms with van der Waals surface area (Å²) in [4.78, 5) is 8.13. The molecule has 0 aliphatic carbocycles. The lowest BCUT2D eigenvalue weighted by Gasteiger charge is -2.05. The standard InChI is InChI=1S/C11H6Cl3FN2/c1-5-9(13)16-11(17-10(5)14)6-2-3-8(15)7(12)4-6/h2-4H,1H3. The molecule has 2 nitrogen and oxygen atoms in total. The fraction of sp³-hybridized carbons (Fsp3) is 0.0909. The van der Waals surface area contributed by atoms with E-state index in [-0.39, 0.29) is 15.3 Å². The van der Waals surface area contributed by atoms with E-state index in [1.165, 1.54) is 18.2 Å². The second-order valence-electron chi connectivity index (χ2n) is 3.38. The first-order valence-corrected chi connectivity index (χ1v) is 5.77. The molecule has 2 rings (SSSR count). The molecule has 0 unspecified atom stereocenters. The molecule has 88 valence electrons. The molecule has 0 spiro atoms.